The van der Waals surface area contributed by atoms with Gasteiger partial charge in [0, 0.05) is 49.5 Å². The maximum absolute atomic E-state index is 9.78. The van der Waals surface area contributed by atoms with Gasteiger partial charge in [-0.05, 0) is 68.5 Å². The summed E-state index contributed by atoms with van der Waals surface area (Å²) in [7, 11) is 0. The number of hydrogen-bond acceptors (Lipinski definition) is 5. The van der Waals surface area contributed by atoms with E-state index < -0.39 is 0 Å². The average Bonchev–Trinajstić information content (AvgIpc) is 3.22. The Hall–Kier alpha value is -2.70. The van der Waals surface area contributed by atoms with Gasteiger partial charge >= 0.3 is 0 Å². The van der Waals surface area contributed by atoms with Crippen molar-refractivity contribution in [2.45, 2.75) is 46.8 Å². The number of nitrogens with zero attached hydrogens (tertiary/aromatic N) is 4. The van der Waals surface area contributed by atoms with Crippen molar-refractivity contribution in [3.63, 3.8) is 0 Å². The molecule has 1 atom stereocenters. The smallest absolute Gasteiger partial charge is 0.229 e. The number of aromatic nitrogens is 3. The molecular weight excluding hydrogens is 362 g/mol. The fourth-order valence-corrected chi connectivity index (χ4v) is 4.01. The van der Waals surface area contributed by atoms with Crippen LogP contribution in [0.3, 0.4) is 0 Å². The van der Waals surface area contributed by atoms with Gasteiger partial charge in [-0.2, -0.15) is 4.98 Å². The van der Waals surface area contributed by atoms with E-state index in [-0.39, 0.29) is 6.10 Å². The molecule has 2 N–H and O–H groups in total. The second-order valence-electron chi connectivity index (χ2n) is 8.25. The third-order valence-electron chi connectivity index (χ3n) is 5.44. The molecule has 0 spiro atoms. The molecule has 0 radical (unpaired) electrons. The van der Waals surface area contributed by atoms with Gasteiger partial charge in [0.2, 0.25) is 5.95 Å². The van der Waals surface area contributed by atoms with Gasteiger partial charge < -0.3 is 15.0 Å². The van der Waals surface area contributed by atoms with Crippen molar-refractivity contribution in [1.82, 2.24) is 19.4 Å². The van der Waals surface area contributed by atoms with Crippen LogP contribution in [0.5, 0.6) is 0 Å². The van der Waals surface area contributed by atoms with Crippen molar-refractivity contribution in [2.75, 3.05) is 18.4 Å². The van der Waals surface area contributed by atoms with Crippen molar-refractivity contribution in [3.8, 4) is 5.82 Å². The van der Waals surface area contributed by atoms with Crippen LogP contribution in [0.25, 0.3) is 5.82 Å². The highest BCUT2D eigenvalue weighted by atomic mass is 16.3. The molecule has 0 aliphatic carbocycles. The largest absolute Gasteiger partial charge is 0.392 e. The van der Waals surface area contributed by atoms with Crippen molar-refractivity contribution in [2.24, 2.45) is 0 Å². The zero-order valence-electron chi connectivity index (χ0n) is 17.6. The highest BCUT2D eigenvalue weighted by Gasteiger charge is 2.21. The van der Waals surface area contributed by atoms with E-state index in [9.17, 15) is 5.11 Å². The predicted octanol–water partition coefficient (Wildman–Crippen LogP) is 3.81. The summed E-state index contributed by atoms with van der Waals surface area (Å²) in [6, 6.07) is 6.34. The van der Waals surface area contributed by atoms with Gasteiger partial charge in [0.15, 0.2) is 0 Å². The lowest BCUT2D eigenvalue weighted by Gasteiger charge is -2.14. The van der Waals surface area contributed by atoms with Gasteiger partial charge in [-0.3, -0.25) is 4.90 Å². The Labute approximate surface area is 172 Å². The predicted molar refractivity (Wildman–Crippen MR) is 116 cm³/mol. The van der Waals surface area contributed by atoms with E-state index >= 15 is 0 Å². The van der Waals surface area contributed by atoms with Crippen LogP contribution in [0.15, 0.2) is 36.8 Å². The number of aliphatic hydroxyl groups is 1. The van der Waals surface area contributed by atoms with E-state index in [1.807, 2.05) is 13.1 Å². The second kappa shape index (κ2) is 7.97. The normalized spacial score (nSPS) is 17.1. The van der Waals surface area contributed by atoms with Gasteiger partial charge in [-0.25, -0.2) is 4.98 Å². The number of benzene rings is 1. The average molecular weight is 392 g/mol. The molecule has 0 unspecified atom stereocenters. The summed E-state index contributed by atoms with van der Waals surface area (Å²) < 4.78 is 2.08. The summed E-state index contributed by atoms with van der Waals surface area (Å²) in [5.41, 5.74) is 6.92. The van der Waals surface area contributed by atoms with Crippen LogP contribution in [0, 0.1) is 27.7 Å². The van der Waals surface area contributed by atoms with E-state index in [2.05, 4.69) is 71.1 Å². The Morgan fingerprint density at radius 3 is 2.52 bits per heavy atom. The van der Waals surface area contributed by atoms with Crippen LogP contribution in [-0.4, -0.2) is 43.7 Å². The molecule has 1 aliphatic heterocycles. The molecule has 3 heterocycles. The maximum atomic E-state index is 9.78. The first-order chi connectivity index (χ1) is 13.9. The molecule has 0 bridgehead atoms. The molecule has 3 aromatic rings. The van der Waals surface area contributed by atoms with Crippen molar-refractivity contribution >= 4 is 11.6 Å². The number of rotatable bonds is 5. The Morgan fingerprint density at radius 2 is 1.83 bits per heavy atom. The van der Waals surface area contributed by atoms with Crippen molar-refractivity contribution in [3.05, 3.63) is 64.6 Å². The van der Waals surface area contributed by atoms with E-state index in [0.29, 0.717) is 5.95 Å². The Kier molecular flexibility index (Phi) is 5.39. The summed E-state index contributed by atoms with van der Waals surface area (Å²) in [6.07, 6.45) is 6.80. The van der Waals surface area contributed by atoms with E-state index in [1.165, 1.54) is 22.3 Å². The number of likely N-dealkylation sites (tertiary alicyclic amines) is 1. The van der Waals surface area contributed by atoms with Crippen molar-refractivity contribution < 1.29 is 5.11 Å². The summed E-state index contributed by atoms with van der Waals surface area (Å²) in [5.74, 6) is 1.47. The van der Waals surface area contributed by atoms with E-state index in [1.54, 1.807) is 0 Å². The molecule has 0 saturated carbocycles. The van der Waals surface area contributed by atoms with E-state index in [0.717, 1.165) is 43.1 Å². The first-order valence-electron chi connectivity index (χ1n) is 10.1. The molecule has 6 nitrogen and oxygen atoms in total. The standard InChI is InChI=1S/C23H29N5O/c1-15-7-16(2)9-20(8-15)25-23-24-10-17(3)22(26-23)28-11-18(4)19(13-28)12-27-6-5-21(29)14-27/h7-11,13,21,29H,5-6,12,14H2,1-4H3,(H,24,25,26)/t21-/m1/s1. The molecule has 29 heavy (non-hydrogen) atoms. The molecule has 1 saturated heterocycles. The minimum Gasteiger partial charge on any atom is -0.392 e. The van der Waals surface area contributed by atoms with Gasteiger partial charge in [0.05, 0.1) is 6.10 Å². The quantitative estimate of drug-likeness (QED) is 0.692. The Morgan fingerprint density at radius 1 is 1.07 bits per heavy atom. The third-order valence-corrected chi connectivity index (χ3v) is 5.44. The lowest BCUT2D eigenvalue weighted by molar-refractivity contribution is 0.174. The summed E-state index contributed by atoms with van der Waals surface area (Å²) in [6.45, 7) is 10.9. The number of aliphatic hydroxyl groups excluding tert-OH is 1. The Bertz CT molecular complexity index is 1010. The minimum atomic E-state index is -0.194. The maximum Gasteiger partial charge on any atom is 0.229 e. The van der Waals surface area contributed by atoms with Gasteiger partial charge in [0.1, 0.15) is 5.82 Å². The monoisotopic (exact) mass is 391 g/mol. The van der Waals surface area contributed by atoms with Crippen LogP contribution in [0.2, 0.25) is 0 Å². The molecule has 0 amide bonds. The number of aryl methyl sites for hydroxylation is 4. The minimum absolute atomic E-state index is 0.194. The highest BCUT2D eigenvalue weighted by Crippen LogP contribution is 2.22. The van der Waals surface area contributed by atoms with Crippen LogP contribution >= 0.6 is 0 Å². The molecule has 1 aromatic carbocycles. The zero-order chi connectivity index (χ0) is 20.5. The second-order valence-corrected chi connectivity index (χ2v) is 8.25. The number of hydrogen-bond donors (Lipinski definition) is 2. The number of β-amino-alcohol motifs (C(OH)–C–C–N with tert-alkyl or cyclic N) is 1. The van der Waals surface area contributed by atoms with Crippen LogP contribution < -0.4 is 5.32 Å². The molecular formula is C23H29N5O. The van der Waals surface area contributed by atoms with Crippen LogP contribution in [0.4, 0.5) is 11.6 Å². The number of anilines is 2. The number of nitrogens with one attached hydrogen (secondary N) is 1. The molecule has 6 heteroatoms. The first-order valence-corrected chi connectivity index (χ1v) is 10.1. The van der Waals surface area contributed by atoms with E-state index in [4.69, 9.17) is 4.98 Å². The summed E-state index contributed by atoms with van der Waals surface area (Å²) in [5, 5.41) is 13.1. The van der Waals surface area contributed by atoms with Gasteiger partial charge in [-0.15, -0.1) is 0 Å². The lowest BCUT2D eigenvalue weighted by Crippen LogP contribution is -2.21. The van der Waals surface area contributed by atoms with Gasteiger partial charge in [-0.1, -0.05) is 6.07 Å². The van der Waals surface area contributed by atoms with Crippen LogP contribution in [-0.2, 0) is 6.54 Å². The molecule has 2 aromatic heterocycles. The lowest BCUT2D eigenvalue weighted by atomic mass is 10.1. The van der Waals surface area contributed by atoms with Crippen molar-refractivity contribution in [1.29, 1.82) is 0 Å². The summed E-state index contributed by atoms with van der Waals surface area (Å²) >= 11 is 0. The van der Waals surface area contributed by atoms with Gasteiger partial charge in [0.25, 0.3) is 0 Å². The molecule has 1 fully saturated rings. The van der Waals surface area contributed by atoms with Crippen LogP contribution in [0.1, 0.15) is 34.2 Å². The third kappa shape index (κ3) is 4.49. The fourth-order valence-electron chi connectivity index (χ4n) is 4.01. The molecule has 1 aliphatic rings. The molecule has 4 rings (SSSR count). The molecule has 152 valence electrons. The Balaban J connectivity index is 1.58. The highest BCUT2D eigenvalue weighted by molar-refractivity contribution is 5.57. The topological polar surface area (TPSA) is 66.2 Å². The zero-order valence-corrected chi connectivity index (χ0v) is 17.6. The fraction of sp³-hybridized carbons (Fsp3) is 0.391. The summed E-state index contributed by atoms with van der Waals surface area (Å²) in [4.78, 5) is 11.6. The SMILES string of the molecule is Cc1cc(C)cc(Nc2ncc(C)c(-n3cc(C)c(CN4CC[C@@H](O)C4)c3)n2)c1. The first kappa shape index (κ1) is 19.6.